The molecule has 0 radical (unpaired) electrons. The number of benzene rings is 2. The van der Waals surface area contributed by atoms with E-state index in [1.807, 2.05) is 26.0 Å². The second-order valence-electron chi connectivity index (χ2n) is 7.83. The minimum atomic E-state index is -0.463. The van der Waals surface area contributed by atoms with Crippen LogP contribution in [0.1, 0.15) is 27.2 Å². The normalized spacial score (nSPS) is 12.5. The number of pyridine rings is 1. The second kappa shape index (κ2) is 9.97. The van der Waals surface area contributed by atoms with Crippen LogP contribution < -0.4 is 20.1 Å². The van der Waals surface area contributed by atoms with Crippen LogP contribution in [-0.2, 0) is 6.54 Å². The van der Waals surface area contributed by atoms with Gasteiger partial charge in [-0.25, -0.2) is 4.39 Å². The zero-order valence-electron chi connectivity index (χ0n) is 18.6. The van der Waals surface area contributed by atoms with E-state index in [1.165, 1.54) is 12.1 Å². The predicted octanol–water partition coefficient (Wildman–Crippen LogP) is 3.61. The molecule has 7 nitrogen and oxygen atoms in total. The predicted molar refractivity (Wildman–Crippen MR) is 123 cm³/mol. The van der Waals surface area contributed by atoms with Gasteiger partial charge in [-0.2, -0.15) is 0 Å². The molecule has 0 unspecified atom stereocenters. The van der Waals surface area contributed by atoms with Crippen LogP contribution in [0.3, 0.4) is 0 Å². The molecule has 172 valence electrons. The summed E-state index contributed by atoms with van der Waals surface area (Å²) < 4.78 is 25.7. The number of nitrogens with zero attached hydrogens (tertiary/aromatic N) is 1. The summed E-state index contributed by atoms with van der Waals surface area (Å²) in [7, 11) is 0. The Kier molecular flexibility index (Phi) is 6.86. The molecule has 8 heteroatoms. The molecule has 0 atom stereocenters. The van der Waals surface area contributed by atoms with Crippen LogP contribution in [0.15, 0.2) is 42.6 Å². The van der Waals surface area contributed by atoms with Crippen molar-refractivity contribution in [3.8, 4) is 22.6 Å². The van der Waals surface area contributed by atoms with Crippen LogP contribution in [0.2, 0.25) is 0 Å². The Morgan fingerprint density at radius 2 is 1.91 bits per heavy atom. The fourth-order valence-corrected chi connectivity index (χ4v) is 3.70. The molecule has 0 bridgehead atoms. The third kappa shape index (κ3) is 5.13. The average molecular weight is 451 g/mol. The summed E-state index contributed by atoms with van der Waals surface area (Å²) in [5.41, 5.74) is 4.58. The molecule has 1 aromatic heterocycles. The summed E-state index contributed by atoms with van der Waals surface area (Å²) in [5.74, 6) is 0.385. The maximum Gasteiger partial charge on any atom is 0.274 e. The van der Waals surface area contributed by atoms with E-state index in [2.05, 4.69) is 15.6 Å². The Morgan fingerprint density at radius 3 is 2.67 bits per heavy atom. The van der Waals surface area contributed by atoms with Crippen LogP contribution in [0.5, 0.6) is 11.5 Å². The molecule has 2 heterocycles. The Morgan fingerprint density at radius 1 is 1.12 bits per heavy atom. The van der Waals surface area contributed by atoms with Crippen molar-refractivity contribution in [2.45, 2.75) is 20.4 Å². The van der Waals surface area contributed by atoms with E-state index < -0.39 is 11.7 Å². The van der Waals surface area contributed by atoms with Crippen LogP contribution >= 0.6 is 0 Å². The Bertz CT molecular complexity index is 1180. The maximum atomic E-state index is 14.5. The standard InChI is InChI=1S/C25H26FN3O4/c1-15-9-22(28-14-18(15)13-27-5-6-30)25(31)29-21-12-19(26)11-20(16(21)2)17-3-4-23-24(10-17)33-8-7-32-23/h3-4,9-12,14,27,30H,5-8,13H2,1-2H3,(H,29,31). The molecule has 0 saturated carbocycles. The van der Waals surface area contributed by atoms with E-state index in [-0.39, 0.29) is 12.3 Å². The van der Waals surface area contributed by atoms with Crippen molar-refractivity contribution in [2.24, 2.45) is 0 Å². The highest BCUT2D eigenvalue weighted by molar-refractivity contribution is 6.04. The minimum absolute atomic E-state index is 0.0498. The number of carbonyl (C=O) groups excluding carboxylic acids is 1. The van der Waals surface area contributed by atoms with Crippen molar-refractivity contribution in [2.75, 3.05) is 31.7 Å². The second-order valence-corrected chi connectivity index (χ2v) is 7.83. The molecule has 1 aliphatic rings. The highest BCUT2D eigenvalue weighted by Gasteiger charge is 2.17. The molecule has 0 fully saturated rings. The number of hydrogen-bond acceptors (Lipinski definition) is 6. The number of carbonyl (C=O) groups is 1. The number of halogens is 1. The van der Waals surface area contributed by atoms with Gasteiger partial charge in [0.2, 0.25) is 0 Å². The molecule has 3 aromatic rings. The zero-order chi connectivity index (χ0) is 23.4. The van der Waals surface area contributed by atoms with Crippen molar-refractivity contribution in [3.63, 3.8) is 0 Å². The lowest BCUT2D eigenvalue weighted by molar-refractivity contribution is 0.102. The summed E-state index contributed by atoms with van der Waals surface area (Å²) in [6.07, 6.45) is 1.63. The quantitative estimate of drug-likeness (QED) is 0.476. The first-order chi connectivity index (χ1) is 16.0. The summed E-state index contributed by atoms with van der Waals surface area (Å²) in [4.78, 5) is 17.1. The van der Waals surface area contributed by atoms with Gasteiger partial charge in [-0.3, -0.25) is 9.78 Å². The largest absolute Gasteiger partial charge is 0.486 e. The molecule has 2 aromatic carbocycles. The number of anilines is 1. The first-order valence-corrected chi connectivity index (χ1v) is 10.7. The van der Waals surface area contributed by atoms with Gasteiger partial charge in [0.25, 0.3) is 5.91 Å². The summed E-state index contributed by atoms with van der Waals surface area (Å²) >= 11 is 0. The number of rotatable bonds is 7. The molecular formula is C25H26FN3O4. The number of fused-ring (bicyclic) bond motifs is 1. The van der Waals surface area contributed by atoms with Crippen molar-refractivity contribution >= 4 is 11.6 Å². The number of aromatic nitrogens is 1. The van der Waals surface area contributed by atoms with E-state index in [0.717, 1.165) is 22.3 Å². The molecular weight excluding hydrogens is 425 g/mol. The molecule has 0 spiro atoms. The SMILES string of the molecule is Cc1cc(C(=O)Nc2cc(F)cc(-c3ccc4c(c3)OCCO4)c2C)ncc1CNCCO. The fourth-order valence-electron chi connectivity index (χ4n) is 3.70. The van der Waals surface area contributed by atoms with Gasteiger partial charge >= 0.3 is 0 Å². The maximum absolute atomic E-state index is 14.5. The molecule has 1 amide bonds. The Balaban J connectivity index is 1.57. The first kappa shape index (κ1) is 22.7. The van der Waals surface area contributed by atoms with Crippen molar-refractivity contribution in [1.29, 1.82) is 0 Å². The van der Waals surface area contributed by atoms with Crippen molar-refractivity contribution in [1.82, 2.24) is 10.3 Å². The Hall–Kier alpha value is -3.49. The van der Waals surface area contributed by atoms with Gasteiger partial charge in [0.05, 0.1) is 6.61 Å². The number of amides is 1. The van der Waals surface area contributed by atoms with Gasteiger partial charge in [-0.1, -0.05) is 6.07 Å². The molecule has 4 rings (SSSR count). The summed E-state index contributed by atoms with van der Waals surface area (Å²) in [5, 5.41) is 14.8. The molecule has 0 aliphatic carbocycles. The number of aliphatic hydroxyl groups is 1. The van der Waals surface area contributed by atoms with E-state index in [1.54, 1.807) is 18.3 Å². The van der Waals surface area contributed by atoms with Gasteiger partial charge in [-0.05, 0) is 72.0 Å². The van der Waals surface area contributed by atoms with E-state index in [4.69, 9.17) is 14.6 Å². The molecule has 0 saturated heterocycles. The van der Waals surface area contributed by atoms with Crippen LogP contribution in [0, 0.1) is 19.7 Å². The highest BCUT2D eigenvalue weighted by Crippen LogP contribution is 2.37. The summed E-state index contributed by atoms with van der Waals surface area (Å²) in [6, 6.07) is 9.89. The monoisotopic (exact) mass is 451 g/mol. The van der Waals surface area contributed by atoms with Crippen molar-refractivity contribution < 1.29 is 23.8 Å². The lowest BCUT2D eigenvalue weighted by atomic mass is 9.98. The molecule has 1 aliphatic heterocycles. The van der Waals surface area contributed by atoms with Gasteiger partial charge < -0.3 is 25.2 Å². The van der Waals surface area contributed by atoms with E-state index >= 15 is 0 Å². The van der Waals surface area contributed by atoms with Crippen molar-refractivity contribution in [3.05, 3.63) is 70.8 Å². The Labute approximate surface area is 191 Å². The number of hydrogen-bond donors (Lipinski definition) is 3. The summed E-state index contributed by atoms with van der Waals surface area (Å²) in [6.45, 7) is 5.75. The minimum Gasteiger partial charge on any atom is -0.486 e. The third-order valence-corrected chi connectivity index (χ3v) is 5.53. The van der Waals surface area contributed by atoms with Crippen LogP contribution in [0.25, 0.3) is 11.1 Å². The molecule has 33 heavy (non-hydrogen) atoms. The van der Waals surface area contributed by atoms with Gasteiger partial charge in [0.15, 0.2) is 11.5 Å². The van der Waals surface area contributed by atoms with E-state index in [9.17, 15) is 9.18 Å². The van der Waals surface area contributed by atoms with Gasteiger partial charge in [0.1, 0.15) is 24.7 Å². The lowest BCUT2D eigenvalue weighted by Gasteiger charge is -2.20. The van der Waals surface area contributed by atoms with Gasteiger partial charge in [-0.15, -0.1) is 0 Å². The average Bonchev–Trinajstić information content (AvgIpc) is 2.82. The topological polar surface area (TPSA) is 92.7 Å². The van der Waals surface area contributed by atoms with Crippen LogP contribution in [-0.4, -0.2) is 42.4 Å². The van der Waals surface area contributed by atoms with Gasteiger partial charge in [0, 0.05) is 25.0 Å². The number of nitrogens with one attached hydrogen (secondary N) is 2. The fraction of sp³-hybridized carbons (Fsp3) is 0.280. The van der Waals surface area contributed by atoms with E-state index in [0.29, 0.717) is 49.1 Å². The zero-order valence-corrected chi connectivity index (χ0v) is 18.6. The number of aliphatic hydroxyl groups excluding tert-OH is 1. The number of aryl methyl sites for hydroxylation is 1. The molecule has 3 N–H and O–H groups in total. The van der Waals surface area contributed by atoms with Crippen LogP contribution in [0.4, 0.5) is 10.1 Å². The highest BCUT2D eigenvalue weighted by atomic mass is 19.1. The third-order valence-electron chi connectivity index (χ3n) is 5.53. The number of ether oxygens (including phenoxy) is 2. The smallest absolute Gasteiger partial charge is 0.274 e. The first-order valence-electron chi connectivity index (χ1n) is 10.7. The lowest BCUT2D eigenvalue weighted by Crippen LogP contribution is -2.19.